The number of carbonyl (C=O) groups is 1. The predicted molar refractivity (Wildman–Crippen MR) is 97.3 cm³/mol. The van der Waals surface area contributed by atoms with Crippen molar-refractivity contribution in [2.24, 2.45) is 5.92 Å². The van der Waals surface area contributed by atoms with Gasteiger partial charge in [-0.15, -0.1) is 0 Å². The molecule has 2 aromatic carbocycles. The number of halogens is 1. The van der Waals surface area contributed by atoms with Crippen LogP contribution >= 0.6 is 23.1 Å². The first-order valence-electron chi connectivity index (χ1n) is 8.07. The lowest BCUT2D eigenvalue weighted by Gasteiger charge is -2.39. The Balaban J connectivity index is 1.73. The summed E-state index contributed by atoms with van der Waals surface area (Å²) in [6.07, 6.45) is 0. The summed E-state index contributed by atoms with van der Waals surface area (Å²) >= 11 is 2.57. The minimum atomic E-state index is -0.473. The lowest BCUT2D eigenvalue weighted by atomic mass is 9.78. The number of benzene rings is 2. The van der Waals surface area contributed by atoms with Gasteiger partial charge in [-0.05, 0) is 23.8 Å². The number of fused-ring (bicyclic) bond motifs is 5. The van der Waals surface area contributed by atoms with Crippen molar-refractivity contribution in [1.29, 1.82) is 0 Å². The molecule has 1 N–H and O–H groups in total. The van der Waals surface area contributed by atoms with Crippen molar-refractivity contribution in [2.45, 2.75) is 16.2 Å². The van der Waals surface area contributed by atoms with E-state index < -0.39 is 5.92 Å². The minimum absolute atomic E-state index is 0.141. The van der Waals surface area contributed by atoms with E-state index in [0.717, 1.165) is 32.4 Å². The summed E-state index contributed by atoms with van der Waals surface area (Å²) in [4.78, 5) is 28.5. The molecule has 0 bridgehead atoms. The van der Waals surface area contributed by atoms with E-state index in [-0.39, 0.29) is 27.8 Å². The molecule has 0 saturated carbocycles. The Morgan fingerprint density at radius 1 is 1.04 bits per heavy atom. The fourth-order valence-corrected chi connectivity index (χ4v) is 6.27. The maximum Gasteiger partial charge on any atom is 0.316 e. The summed E-state index contributed by atoms with van der Waals surface area (Å²) in [5, 5.41) is 0.513. The highest BCUT2D eigenvalue weighted by Crippen LogP contribution is 2.58. The van der Waals surface area contributed by atoms with Crippen molar-refractivity contribution in [3.63, 3.8) is 0 Å². The quantitative estimate of drug-likeness (QED) is 0.506. The second-order valence-electron chi connectivity index (χ2n) is 6.26. The number of H-pyrrole nitrogens is 1. The Morgan fingerprint density at radius 3 is 2.62 bits per heavy atom. The van der Waals surface area contributed by atoms with E-state index >= 15 is 0 Å². The Bertz CT molecular complexity index is 1070. The van der Waals surface area contributed by atoms with Gasteiger partial charge in [-0.3, -0.25) is 9.59 Å². The Hall–Kier alpha value is -2.38. The number of carbonyl (C=O) groups excluding carboxylic acids is 1. The molecule has 0 aliphatic carbocycles. The van der Waals surface area contributed by atoms with Crippen LogP contribution in [0.1, 0.15) is 27.2 Å². The number of esters is 1. The number of thioether (sulfide) groups is 1. The highest BCUT2D eigenvalue weighted by Gasteiger charge is 2.49. The number of hydrogen-bond acceptors (Lipinski definition) is 5. The van der Waals surface area contributed by atoms with Crippen LogP contribution in [0.4, 0.5) is 4.39 Å². The summed E-state index contributed by atoms with van der Waals surface area (Å²) in [6, 6.07) is 13.6. The Kier molecular flexibility index (Phi) is 3.55. The summed E-state index contributed by atoms with van der Waals surface area (Å²) in [6.45, 7) is 0. The third kappa shape index (κ3) is 2.34. The smallest absolute Gasteiger partial charge is 0.316 e. The predicted octanol–water partition coefficient (Wildman–Crippen LogP) is 4.09. The summed E-state index contributed by atoms with van der Waals surface area (Å²) in [5.74, 6) is -0.827. The van der Waals surface area contributed by atoms with Gasteiger partial charge >= 0.3 is 10.8 Å². The first kappa shape index (κ1) is 15.8. The van der Waals surface area contributed by atoms with Crippen LogP contribution in [-0.2, 0) is 4.79 Å². The SMILES string of the molecule is O=C1Oc2ccccc2[C@@H]2c3sc(=O)[nH]c3S[C@H](c3ccc(F)cc3)[C@@H]12. The van der Waals surface area contributed by atoms with Crippen LogP contribution in [0.2, 0.25) is 0 Å². The van der Waals surface area contributed by atoms with Crippen molar-refractivity contribution in [3.05, 3.63) is 80.0 Å². The van der Waals surface area contributed by atoms with Crippen LogP contribution in [0, 0.1) is 11.7 Å². The molecular formula is C19H12FNO3S2. The number of thiazole rings is 1. The molecule has 0 fully saturated rings. The number of aromatic amines is 1. The summed E-state index contributed by atoms with van der Waals surface area (Å²) in [5.41, 5.74) is 1.74. The molecule has 4 nitrogen and oxygen atoms in total. The molecule has 0 radical (unpaired) electrons. The van der Waals surface area contributed by atoms with Crippen LogP contribution in [-0.4, -0.2) is 11.0 Å². The average molecular weight is 385 g/mol. The van der Waals surface area contributed by atoms with E-state index in [0.29, 0.717) is 5.75 Å². The van der Waals surface area contributed by atoms with Gasteiger partial charge in [0.05, 0.1) is 16.2 Å². The van der Waals surface area contributed by atoms with Crippen molar-refractivity contribution < 1.29 is 13.9 Å². The van der Waals surface area contributed by atoms with Gasteiger partial charge in [0.1, 0.15) is 11.6 Å². The number of hydrogen-bond donors (Lipinski definition) is 1. The average Bonchev–Trinajstić information content (AvgIpc) is 3.01. The van der Waals surface area contributed by atoms with E-state index in [1.165, 1.54) is 23.9 Å². The number of ether oxygens (including phenoxy) is 1. The summed E-state index contributed by atoms with van der Waals surface area (Å²) < 4.78 is 18.9. The fraction of sp³-hybridized carbons (Fsp3) is 0.158. The molecule has 1 aromatic heterocycles. The van der Waals surface area contributed by atoms with Crippen molar-refractivity contribution in [3.8, 4) is 5.75 Å². The van der Waals surface area contributed by atoms with Gasteiger partial charge in [0.15, 0.2) is 0 Å². The first-order chi connectivity index (χ1) is 12.6. The maximum atomic E-state index is 13.4. The van der Waals surface area contributed by atoms with Crippen molar-refractivity contribution in [2.75, 3.05) is 0 Å². The summed E-state index contributed by atoms with van der Waals surface area (Å²) in [7, 11) is 0. The molecule has 26 heavy (non-hydrogen) atoms. The first-order valence-corrected chi connectivity index (χ1v) is 9.77. The number of aromatic nitrogens is 1. The third-order valence-electron chi connectivity index (χ3n) is 4.79. The van der Waals surface area contributed by atoms with Gasteiger partial charge in [-0.2, -0.15) is 0 Å². The normalized spacial score (nSPS) is 23.6. The van der Waals surface area contributed by atoms with E-state index in [9.17, 15) is 14.0 Å². The molecule has 0 saturated heterocycles. The second kappa shape index (κ2) is 5.82. The van der Waals surface area contributed by atoms with Gasteiger partial charge in [0, 0.05) is 16.4 Å². The molecule has 2 aliphatic heterocycles. The molecule has 5 rings (SSSR count). The number of rotatable bonds is 1. The van der Waals surface area contributed by atoms with Gasteiger partial charge in [0.25, 0.3) is 0 Å². The molecule has 7 heteroatoms. The molecular weight excluding hydrogens is 373 g/mol. The highest BCUT2D eigenvalue weighted by atomic mass is 32.2. The maximum absolute atomic E-state index is 13.4. The molecule has 3 heterocycles. The van der Waals surface area contributed by atoms with E-state index in [4.69, 9.17) is 4.74 Å². The van der Waals surface area contributed by atoms with Crippen LogP contribution in [0.3, 0.4) is 0 Å². The standard InChI is InChI=1S/C19H12FNO3S2/c20-10-7-5-9(6-8-10)15-14-13(16-17(25-15)21-19(23)26-16)11-3-1-2-4-12(11)24-18(14)22/h1-8,13-15H,(H,21,23)/t13-,14-,15+/m0/s1. The van der Waals surface area contributed by atoms with Crippen LogP contribution in [0.5, 0.6) is 5.75 Å². The highest BCUT2D eigenvalue weighted by molar-refractivity contribution is 7.99. The van der Waals surface area contributed by atoms with E-state index in [2.05, 4.69) is 4.98 Å². The zero-order valence-corrected chi connectivity index (χ0v) is 14.9. The van der Waals surface area contributed by atoms with Crippen LogP contribution in [0.15, 0.2) is 58.4 Å². The topological polar surface area (TPSA) is 59.2 Å². The Morgan fingerprint density at radius 2 is 1.81 bits per heavy atom. The third-order valence-corrected chi connectivity index (χ3v) is 7.26. The minimum Gasteiger partial charge on any atom is -0.426 e. The van der Waals surface area contributed by atoms with E-state index in [1.54, 1.807) is 18.2 Å². The zero-order chi connectivity index (χ0) is 17.8. The molecule has 2 aliphatic rings. The largest absolute Gasteiger partial charge is 0.426 e. The monoisotopic (exact) mass is 385 g/mol. The molecule has 130 valence electrons. The molecule has 0 amide bonds. The van der Waals surface area contributed by atoms with Crippen molar-refractivity contribution >= 4 is 29.1 Å². The zero-order valence-electron chi connectivity index (χ0n) is 13.3. The van der Waals surface area contributed by atoms with Crippen molar-refractivity contribution in [1.82, 2.24) is 4.98 Å². The van der Waals surface area contributed by atoms with Gasteiger partial charge in [-0.1, -0.05) is 53.4 Å². The lowest BCUT2D eigenvalue weighted by molar-refractivity contribution is -0.140. The van der Waals surface area contributed by atoms with E-state index in [1.807, 2.05) is 18.2 Å². The van der Waals surface area contributed by atoms with Gasteiger partial charge in [0.2, 0.25) is 0 Å². The van der Waals surface area contributed by atoms with Crippen LogP contribution < -0.4 is 9.61 Å². The number of nitrogens with one attached hydrogen (secondary N) is 1. The second-order valence-corrected chi connectivity index (χ2v) is 8.43. The van der Waals surface area contributed by atoms with Gasteiger partial charge in [-0.25, -0.2) is 4.39 Å². The molecule has 0 spiro atoms. The van der Waals surface area contributed by atoms with Crippen LogP contribution in [0.25, 0.3) is 0 Å². The van der Waals surface area contributed by atoms with Gasteiger partial charge < -0.3 is 9.72 Å². The number of para-hydroxylation sites is 1. The molecule has 3 atom stereocenters. The molecule has 3 aromatic rings. The molecule has 0 unspecified atom stereocenters. The fourth-order valence-electron chi connectivity index (χ4n) is 3.69. The lowest BCUT2D eigenvalue weighted by Crippen LogP contribution is -2.37. The Labute approximate surface area is 156 Å².